The number of para-hydroxylation sites is 1. The zero-order valence-electron chi connectivity index (χ0n) is 17.1. The number of aryl methyl sites for hydroxylation is 1. The van der Waals surface area contributed by atoms with Crippen molar-refractivity contribution in [2.45, 2.75) is 52.6 Å². The minimum absolute atomic E-state index is 0.206. The van der Waals surface area contributed by atoms with Crippen LogP contribution in [0.5, 0.6) is 5.75 Å². The molecule has 0 N–H and O–H groups in total. The molecule has 1 aliphatic carbocycles. The van der Waals surface area contributed by atoms with Crippen LogP contribution in [0.25, 0.3) is 11.0 Å². The van der Waals surface area contributed by atoms with Crippen molar-refractivity contribution >= 4 is 16.9 Å². The minimum atomic E-state index is -0.274. The highest BCUT2D eigenvalue weighted by Crippen LogP contribution is 2.42. The molecule has 0 radical (unpaired) electrons. The minimum Gasteiger partial charge on any atom is -0.489 e. The van der Waals surface area contributed by atoms with Gasteiger partial charge in [0.15, 0.2) is 0 Å². The fourth-order valence-electron chi connectivity index (χ4n) is 3.26. The molecular weight excluding hydrogens is 352 g/mol. The highest BCUT2D eigenvalue weighted by Gasteiger charge is 2.27. The van der Waals surface area contributed by atoms with Crippen molar-refractivity contribution in [1.82, 2.24) is 0 Å². The summed E-state index contributed by atoms with van der Waals surface area (Å²) in [6.07, 6.45) is 2.66. The van der Waals surface area contributed by atoms with Crippen molar-refractivity contribution in [2.75, 3.05) is 7.11 Å². The molecule has 1 aliphatic rings. The van der Waals surface area contributed by atoms with E-state index in [1.165, 1.54) is 20.0 Å². The monoisotopic (exact) mass is 380 g/mol. The van der Waals surface area contributed by atoms with Gasteiger partial charge in [-0.15, -0.1) is 0 Å². The summed E-state index contributed by atoms with van der Waals surface area (Å²) in [6, 6.07) is 14.0. The summed E-state index contributed by atoms with van der Waals surface area (Å²) in [5.74, 6) is 2.14. The van der Waals surface area contributed by atoms with Gasteiger partial charge in [0.2, 0.25) is 0 Å². The smallest absolute Gasteiger partial charge is 0.310 e. The molecule has 148 valence electrons. The molecular formula is C24H28O4. The van der Waals surface area contributed by atoms with Crippen molar-refractivity contribution in [2.24, 2.45) is 0 Å². The van der Waals surface area contributed by atoms with Crippen LogP contribution in [0.2, 0.25) is 0 Å². The number of ether oxygens (including phenoxy) is 2. The van der Waals surface area contributed by atoms with E-state index in [9.17, 15) is 4.79 Å². The number of methoxy groups -OCH3 is 1. The van der Waals surface area contributed by atoms with Crippen LogP contribution in [0.1, 0.15) is 55.1 Å². The number of benzene rings is 2. The van der Waals surface area contributed by atoms with Gasteiger partial charge in [-0.2, -0.15) is 0 Å². The van der Waals surface area contributed by atoms with Gasteiger partial charge in [0.05, 0.1) is 13.5 Å². The maximum absolute atomic E-state index is 11.6. The first kappa shape index (κ1) is 20.0. The van der Waals surface area contributed by atoms with Crippen molar-refractivity contribution in [3.8, 4) is 5.75 Å². The van der Waals surface area contributed by atoms with Crippen LogP contribution in [0.4, 0.5) is 0 Å². The van der Waals surface area contributed by atoms with E-state index in [1.54, 1.807) is 0 Å². The lowest BCUT2D eigenvalue weighted by Gasteiger charge is -2.11. The Balaban J connectivity index is 0.00000109. The number of carbonyl (C=O) groups excluding carboxylic acids is 1. The molecule has 4 heteroatoms. The van der Waals surface area contributed by atoms with Gasteiger partial charge in [-0.05, 0) is 55.2 Å². The molecule has 1 saturated carbocycles. The van der Waals surface area contributed by atoms with E-state index in [1.807, 2.05) is 38.1 Å². The van der Waals surface area contributed by atoms with Gasteiger partial charge in [-0.3, -0.25) is 4.79 Å². The Hall–Kier alpha value is -2.75. The van der Waals surface area contributed by atoms with Gasteiger partial charge in [0, 0.05) is 16.9 Å². The standard InChI is InChI=1S/C22H22O4.C2H6/c1-14-9-15(10-18-11-20(16-7-8-16)26-22(14)18)13-25-19-6-4-3-5-17(19)12-21(23)24-2;1-2/h3-6,9-11,16H,7-8,12-13H2,1-2H3;1-2H3. The van der Waals surface area contributed by atoms with Crippen LogP contribution in [-0.2, 0) is 22.6 Å². The van der Waals surface area contributed by atoms with Gasteiger partial charge in [0.1, 0.15) is 23.7 Å². The molecule has 4 nitrogen and oxygen atoms in total. The highest BCUT2D eigenvalue weighted by molar-refractivity contribution is 5.82. The fraction of sp³-hybridized carbons (Fsp3) is 0.375. The summed E-state index contributed by atoms with van der Waals surface area (Å²) >= 11 is 0. The molecule has 0 amide bonds. The van der Waals surface area contributed by atoms with Gasteiger partial charge < -0.3 is 13.9 Å². The summed E-state index contributed by atoms with van der Waals surface area (Å²) in [6.45, 7) is 6.51. The number of fused-ring (bicyclic) bond motifs is 1. The predicted molar refractivity (Wildman–Crippen MR) is 111 cm³/mol. The topological polar surface area (TPSA) is 48.7 Å². The average molecular weight is 380 g/mol. The molecule has 0 bridgehead atoms. The Bertz CT molecular complexity index is 950. The quantitative estimate of drug-likeness (QED) is 0.497. The predicted octanol–water partition coefficient (Wildman–Crippen LogP) is 5.94. The zero-order valence-corrected chi connectivity index (χ0v) is 17.1. The largest absolute Gasteiger partial charge is 0.489 e. The summed E-state index contributed by atoms with van der Waals surface area (Å²) in [7, 11) is 1.39. The number of hydrogen-bond acceptors (Lipinski definition) is 4. The summed E-state index contributed by atoms with van der Waals surface area (Å²) in [4.78, 5) is 11.6. The fourth-order valence-corrected chi connectivity index (χ4v) is 3.26. The van der Waals surface area contributed by atoms with E-state index in [0.717, 1.165) is 33.4 Å². The molecule has 0 aliphatic heterocycles. The second-order valence-electron chi connectivity index (χ2n) is 6.90. The SMILES string of the molecule is CC.COC(=O)Cc1ccccc1OCc1cc(C)c2oc(C3CC3)cc2c1. The summed E-state index contributed by atoms with van der Waals surface area (Å²) in [5, 5.41) is 1.13. The lowest BCUT2D eigenvalue weighted by molar-refractivity contribution is -0.139. The first-order valence-corrected chi connectivity index (χ1v) is 9.94. The van der Waals surface area contributed by atoms with Crippen molar-refractivity contribution in [1.29, 1.82) is 0 Å². The van der Waals surface area contributed by atoms with Crippen LogP contribution in [0, 0.1) is 6.92 Å². The zero-order chi connectivity index (χ0) is 20.1. The number of rotatable bonds is 6. The Morgan fingerprint density at radius 3 is 2.61 bits per heavy atom. The summed E-state index contributed by atoms with van der Waals surface area (Å²) < 4.78 is 16.8. The molecule has 3 aromatic rings. The van der Waals surface area contributed by atoms with Crippen LogP contribution >= 0.6 is 0 Å². The lowest BCUT2D eigenvalue weighted by Crippen LogP contribution is -2.06. The van der Waals surface area contributed by atoms with Crippen LogP contribution < -0.4 is 4.74 Å². The van der Waals surface area contributed by atoms with Gasteiger partial charge >= 0.3 is 5.97 Å². The first-order valence-electron chi connectivity index (χ1n) is 9.94. The molecule has 1 heterocycles. The van der Waals surface area contributed by atoms with Gasteiger partial charge in [0.25, 0.3) is 0 Å². The van der Waals surface area contributed by atoms with E-state index in [2.05, 4.69) is 25.1 Å². The second kappa shape index (κ2) is 8.96. The first-order chi connectivity index (χ1) is 13.6. The number of carbonyl (C=O) groups is 1. The number of furan rings is 1. The molecule has 2 aromatic carbocycles. The van der Waals surface area contributed by atoms with E-state index in [-0.39, 0.29) is 12.4 Å². The molecule has 1 aromatic heterocycles. The third kappa shape index (κ3) is 4.56. The van der Waals surface area contributed by atoms with E-state index >= 15 is 0 Å². The molecule has 0 saturated heterocycles. The second-order valence-corrected chi connectivity index (χ2v) is 6.90. The Morgan fingerprint density at radius 1 is 1.14 bits per heavy atom. The van der Waals surface area contributed by atoms with E-state index in [0.29, 0.717) is 18.3 Å². The highest BCUT2D eigenvalue weighted by atomic mass is 16.5. The third-order valence-electron chi connectivity index (χ3n) is 4.79. The van der Waals surface area contributed by atoms with E-state index in [4.69, 9.17) is 13.9 Å². The maximum Gasteiger partial charge on any atom is 0.310 e. The van der Waals surface area contributed by atoms with Gasteiger partial charge in [-0.1, -0.05) is 32.0 Å². The molecule has 4 rings (SSSR count). The van der Waals surface area contributed by atoms with Crippen LogP contribution in [0.15, 0.2) is 46.9 Å². The van der Waals surface area contributed by atoms with Crippen LogP contribution in [0.3, 0.4) is 0 Å². The Kier molecular flexibility index (Phi) is 6.40. The van der Waals surface area contributed by atoms with Crippen molar-refractivity contribution in [3.05, 3.63) is 64.9 Å². The third-order valence-corrected chi connectivity index (χ3v) is 4.79. The Labute approximate surface area is 166 Å². The normalized spacial score (nSPS) is 13.0. The van der Waals surface area contributed by atoms with E-state index < -0.39 is 0 Å². The molecule has 1 fully saturated rings. The van der Waals surface area contributed by atoms with Crippen molar-refractivity contribution in [3.63, 3.8) is 0 Å². The number of hydrogen-bond donors (Lipinski definition) is 0. The van der Waals surface area contributed by atoms with Gasteiger partial charge in [-0.25, -0.2) is 0 Å². The molecule has 0 unspecified atom stereocenters. The molecule has 28 heavy (non-hydrogen) atoms. The Morgan fingerprint density at radius 2 is 1.89 bits per heavy atom. The molecule has 0 atom stereocenters. The average Bonchev–Trinajstić information content (AvgIpc) is 3.48. The molecule has 0 spiro atoms. The lowest BCUT2D eigenvalue weighted by atomic mass is 10.1. The van der Waals surface area contributed by atoms with Crippen LogP contribution in [-0.4, -0.2) is 13.1 Å². The van der Waals surface area contributed by atoms with Crippen molar-refractivity contribution < 1.29 is 18.7 Å². The summed E-state index contributed by atoms with van der Waals surface area (Å²) in [5.41, 5.74) is 4.01. The number of esters is 1. The maximum atomic E-state index is 11.6.